The van der Waals surface area contributed by atoms with Gasteiger partial charge in [0, 0.05) is 44.8 Å². The number of nitrogens with zero attached hydrogens (tertiary/aromatic N) is 1. The number of ether oxygens (including phenoxy) is 1. The molecule has 0 aliphatic carbocycles. The van der Waals surface area contributed by atoms with Gasteiger partial charge in [-0.1, -0.05) is 6.07 Å². The predicted octanol–water partition coefficient (Wildman–Crippen LogP) is 1.52. The van der Waals surface area contributed by atoms with Gasteiger partial charge in [0.2, 0.25) is 0 Å². The maximum atomic E-state index is 11.1. The molecule has 1 aliphatic rings. The lowest BCUT2D eigenvalue weighted by molar-refractivity contribution is -0.384. The lowest BCUT2D eigenvalue weighted by Gasteiger charge is -2.26. The van der Waals surface area contributed by atoms with Crippen LogP contribution in [0, 0.1) is 15.5 Å². The molecule has 2 rings (SSSR count). The zero-order chi connectivity index (χ0) is 16.0. The first-order valence-corrected chi connectivity index (χ1v) is 7.45. The molecule has 3 N–H and O–H groups in total. The van der Waals surface area contributed by atoms with Crippen molar-refractivity contribution in [3.8, 4) is 0 Å². The Labute approximate surface area is 129 Å². The Morgan fingerprint density at radius 1 is 1.50 bits per heavy atom. The summed E-state index contributed by atoms with van der Waals surface area (Å²) in [5.41, 5.74) is 1.43. The number of rotatable bonds is 8. The fourth-order valence-corrected chi connectivity index (χ4v) is 2.83. The first kappa shape index (κ1) is 16.7. The lowest BCUT2D eigenvalue weighted by Crippen LogP contribution is -2.35. The van der Waals surface area contributed by atoms with Crippen molar-refractivity contribution >= 4 is 11.4 Å². The quantitative estimate of drug-likeness (QED) is 0.497. The molecular formula is C15H23N3O4. The van der Waals surface area contributed by atoms with Crippen LogP contribution in [-0.2, 0) is 11.3 Å². The normalized spacial score (nSPS) is 21.0. The minimum atomic E-state index is -0.382. The summed E-state index contributed by atoms with van der Waals surface area (Å²) >= 11 is 0. The highest BCUT2D eigenvalue weighted by molar-refractivity contribution is 5.62. The number of aliphatic hydroxyl groups is 1. The molecule has 0 radical (unpaired) electrons. The van der Waals surface area contributed by atoms with Crippen LogP contribution in [-0.4, -0.2) is 43.4 Å². The SMILES string of the molecule is CNc1ccc(CNCC2(CCO)CCOC2)cc1[N+](=O)[O-]. The molecule has 7 nitrogen and oxygen atoms in total. The van der Waals surface area contributed by atoms with E-state index < -0.39 is 0 Å². The minimum absolute atomic E-state index is 0.0222. The summed E-state index contributed by atoms with van der Waals surface area (Å²) in [5.74, 6) is 0. The summed E-state index contributed by atoms with van der Waals surface area (Å²) in [6.07, 6.45) is 1.64. The molecule has 0 amide bonds. The van der Waals surface area contributed by atoms with E-state index >= 15 is 0 Å². The van der Waals surface area contributed by atoms with E-state index in [1.807, 2.05) is 6.07 Å². The molecule has 1 fully saturated rings. The zero-order valence-electron chi connectivity index (χ0n) is 12.8. The summed E-state index contributed by atoms with van der Waals surface area (Å²) in [7, 11) is 1.67. The monoisotopic (exact) mass is 309 g/mol. The molecule has 1 aromatic carbocycles. The topological polar surface area (TPSA) is 96.7 Å². The third-order valence-corrected chi connectivity index (χ3v) is 4.18. The molecule has 0 saturated carbocycles. The number of nitro groups is 1. The predicted molar refractivity (Wildman–Crippen MR) is 83.9 cm³/mol. The van der Waals surface area contributed by atoms with Crippen molar-refractivity contribution in [2.45, 2.75) is 19.4 Å². The van der Waals surface area contributed by atoms with Gasteiger partial charge in [-0.3, -0.25) is 10.1 Å². The molecule has 1 unspecified atom stereocenters. The highest BCUT2D eigenvalue weighted by Crippen LogP contribution is 2.31. The highest BCUT2D eigenvalue weighted by atomic mass is 16.6. The maximum absolute atomic E-state index is 11.1. The van der Waals surface area contributed by atoms with Crippen LogP contribution in [0.1, 0.15) is 18.4 Å². The molecule has 0 aromatic heterocycles. The van der Waals surface area contributed by atoms with Gasteiger partial charge in [0.25, 0.3) is 5.69 Å². The van der Waals surface area contributed by atoms with Crippen LogP contribution >= 0.6 is 0 Å². The highest BCUT2D eigenvalue weighted by Gasteiger charge is 2.33. The average molecular weight is 309 g/mol. The smallest absolute Gasteiger partial charge is 0.292 e. The Kier molecular flexibility index (Phi) is 5.70. The average Bonchev–Trinajstić information content (AvgIpc) is 2.96. The van der Waals surface area contributed by atoms with Crippen LogP contribution in [0.15, 0.2) is 18.2 Å². The van der Waals surface area contributed by atoms with Gasteiger partial charge < -0.3 is 20.5 Å². The second-order valence-electron chi connectivity index (χ2n) is 5.74. The van der Waals surface area contributed by atoms with Crippen LogP contribution < -0.4 is 10.6 Å². The molecule has 1 atom stereocenters. The van der Waals surface area contributed by atoms with Gasteiger partial charge in [-0.15, -0.1) is 0 Å². The Bertz CT molecular complexity index is 516. The fourth-order valence-electron chi connectivity index (χ4n) is 2.83. The molecule has 0 spiro atoms. The molecule has 122 valence electrons. The largest absolute Gasteiger partial charge is 0.396 e. The number of nitro benzene ring substituents is 1. The van der Waals surface area contributed by atoms with E-state index in [4.69, 9.17) is 4.74 Å². The molecule has 7 heteroatoms. The van der Waals surface area contributed by atoms with Crippen molar-refractivity contribution in [3.05, 3.63) is 33.9 Å². The third-order valence-electron chi connectivity index (χ3n) is 4.18. The van der Waals surface area contributed by atoms with Gasteiger partial charge in [0.15, 0.2) is 0 Å². The first-order chi connectivity index (χ1) is 10.6. The Balaban J connectivity index is 1.96. The minimum Gasteiger partial charge on any atom is -0.396 e. The number of benzene rings is 1. The first-order valence-electron chi connectivity index (χ1n) is 7.45. The van der Waals surface area contributed by atoms with Gasteiger partial charge >= 0.3 is 0 Å². The Morgan fingerprint density at radius 3 is 2.91 bits per heavy atom. The number of hydrogen-bond acceptors (Lipinski definition) is 6. The van der Waals surface area contributed by atoms with Crippen LogP contribution in [0.5, 0.6) is 0 Å². The third kappa shape index (κ3) is 3.94. The van der Waals surface area contributed by atoms with Gasteiger partial charge in [-0.05, 0) is 24.5 Å². The summed E-state index contributed by atoms with van der Waals surface area (Å²) in [5, 5.41) is 26.4. The van der Waals surface area contributed by atoms with Crippen LogP contribution in [0.4, 0.5) is 11.4 Å². The number of aliphatic hydroxyl groups excluding tert-OH is 1. The summed E-state index contributed by atoms with van der Waals surface area (Å²) in [4.78, 5) is 10.7. The van der Waals surface area contributed by atoms with Crippen LogP contribution in [0.2, 0.25) is 0 Å². The van der Waals surface area contributed by atoms with E-state index in [0.29, 0.717) is 25.3 Å². The van der Waals surface area contributed by atoms with Crippen LogP contribution in [0.25, 0.3) is 0 Å². The van der Waals surface area contributed by atoms with Crippen molar-refractivity contribution in [1.82, 2.24) is 5.32 Å². The van der Waals surface area contributed by atoms with E-state index in [2.05, 4.69) is 10.6 Å². The molecular weight excluding hydrogens is 286 g/mol. The van der Waals surface area contributed by atoms with Crippen molar-refractivity contribution in [2.75, 3.05) is 38.7 Å². The van der Waals surface area contributed by atoms with Crippen molar-refractivity contribution in [1.29, 1.82) is 0 Å². The summed E-state index contributed by atoms with van der Waals surface area (Å²) < 4.78 is 5.45. The second kappa shape index (κ2) is 7.53. The summed E-state index contributed by atoms with van der Waals surface area (Å²) in [6.45, 7) is 2.81. The zero-order valence-corrected chi connectivity index (χ0v) is 12.8. The molecule has 1 aliphatic heterocycles. The van der Waals surface area contributed by atoms with E-state index in [0.717, 1.165) is 25.1 Å². The van der Waals surface area contributed by atoms with Crippen molar-refractivity contribution < 1.29 is 14.8 Å². The second-order valence-corrected chi connectivity index (χ2v) is 5.74. The molecule has 0 bridgehead atoms. The van der Waals surface area contributed by atoms with Crippen LogP contribution in [0.3, 0.4) is 0 Å². The van der Waals surface area contributed by atoms with Gasteiger partial charge in [-0.2, -0.15) is 0 Å². The Morgan fingerprint density at radius 2 is 2.32 bits per heavy atom. The number of hydrogen-bond donors (Lipinski definition) is 3. The van der Waals surface area contributed by atoms with Crippen molar-refractivity contribution in [2.24, 2.45) is 5.41 Å². The molecule has 1 saturated heterocycles. The van der Waals surface area contributed by atoms with Gasteiger partial charge in [-0.25, -0.2) is 0 Å². The maximum Gasteiger partial charge on any atom is 0.292 e. The summed E-state index contributed by atoms with van der Waals surface area (Å²) in [6, 6.07) is 5.18. The lowest BCUT2D eigenvalue weighted by atomic mass is 9.84. The van der Waals surface area contributed by atoms with E-state index in [9.17, 15) is 15.2 Å². The molecule has 1 aromatic rings. The van der Waals surface area contributed by atoms with E-state index in [1.54, 1.807) is 19.2 Å². The fraction of sp³-hybridized carbons (Fsp3) is 0.600. The Hall–Kier alpha value is -1.70. The van der Waals surface area contributed by atoms with Gasteiger partial charge in [0.05, 0.1) is 11.5 Å². The van der Waals surface area contributed by atoms with E-state index in [-0.39, 0.29) is 22.6 Å². The standard InChI is InChI=1S/C15H23N3O4/c1-16-13-3-2-12(8-14(13)18(20)21)9-17-10-15(4-6-19)5-7-22-11-15/h2-3,8,16-17,19H,4-7,9-11H2,1H3. The number of nitrogens with one attached hydrogen (secondary N) is 2. The molecule has 22 heavy (non-hydrogen) atoms. The van der Waals surface area contributed by atoms with Crippen molar-refractivity contribution in [3.63, 3.8) is 0 Å². The number of anilines is 1. The van der Waals surface area contributed by atoms with E-state index in [1.165, 1.54) is 0 Å². The molecule has 1 heterocycles. The van der Waals surface area contributed by atoms with Gasteiger partial charge in [0.1, 0.15) is 5.69 Å².